The minimum absolute atomic E-state index is 0.00496. The van der Waals surface area contributed by atoms with E-state index in [9.17, 15) is 21.9 Å². The molecule has 8 aliphatic rings. The van der Waals surface area contributed by atoms with Gasteiger partial charge in [0, 0.05) is 181 Å². The number of hydrogen-bond donors (Lipinski definition) is 4. The highest BCUT2D eigenvalue weighted by molar-refractivity contribution is 5.77. The fourth-order valence-corrected chi connectivity index (χ4v) is 14.8. The summed E-state index contributed by atoms with van der Waals surface area (Å²) in [6, 6.07) is 1.11. The van der Waals surface area contributed by atoms with Crippen LogP contribution in [0.15, 0.2) is 48.5 Å². The second-order valence-electron chi connectivity index (χ2n) is 31.7. The summed E-state index contributed by atoms with van der Waals surface area (Å²) in [6.07, 6.45) is -32.7. The van der Waals surface area contributed by atoms with Gasteiger partial charge in [-0.1, -0.05) is 110 Å². The van der Waals surface area contributed by atoms with E-state index in [1.165, 1.54) is 79.1 Å². The minimum Gasteiger partial charge on any atom is -0.493 e. The van der Waals surface area contributed by atoms with Gasteiger partial charge in [-0.2, -0.15) is 0 Å². The van der Waals surface area contributed by atoms with Gasteiger partial charge in [0.15, 0.2) is 46.0 Å². The Kier molecular flexibility index (Phi) is 18.1. The van der Waals surface area contributed by atoms with Crippen molar-refractivity contribution in [1.82, 2.24) is 19.6 Å². The van der Waals surface area contributed by atoms with Crippen LogP contribution >= 0.6 is 0 Å². The normalized spacial score (nSPS) is 38.5. The lowest BCUT2D eigenvalue weighted by Crippen LogP contribution is -2.51. The summed E-state index contributed by atoms with van der Waals surface area (Å²) in [5, 5.41) is 0. The van der Waals surface area contributed by atoms with Crippen LogP contribution in [0, 0.1) is 70.9 Å². The molecule has 0 aromatic heterocycles. The molecule has 0 spiro atoms. The topological polar surface area (TPSA) is 296 Å². The zero-order valence-electron chi connectivity index (χ0n) is 119. The SMILES string of the molecule is [2H]C([2H])([2H])C([2H])(C)C([2H])([2H])C1CN2C(CC1OC(=O)[C@@H](N)C(C)C)c1cc(OC)c(OC)cc1C([2H])([2H])C2([2H])[2H].[2H]C([2H])([2H])Oc1cc2c(cc1OC)C1CC(OC(=O)[C@@H](N)C(C)C)C(C([2H])([2H])C([2H])(C)C([2H])([2H])[2H])CN1C([2H])([2H])C2([2H])[2H].[2H]C([2H])([2H])Oc1cc2c(cc1OC)C1CC([2H])(OC(=O)[C@@H](N)C(C)C)C(C([2H])([2H])C([2H])(C)C([2H])([2H])[2H])CN1C([2H])([2H])C2([2H])[2H].[2H]C1(OC(=O)[C@@H](N)C(C)C)CC2c3cc(OC)c(OC)cc3C([2H])([2H])C([2H])([2H])N2CC1C([2H])([2H])C([2H])(C)C([2H])([2H])[2H]. The van der Waals surface area contributed by atoms with Gasteiger partial charge in [0.25, 0.3) is 0 Å². The molecule has 4 saturated heterocycles. The fourth-order valence-electron chi connectivity index (χ4n) is 14.8. The molecule has 8 heterocycles. The molecule has 672 valence electrons. The molecule has 0 saturated carbocycles. The molecular formula is C96H152N8O16. The highest BCUT2D eigenvalue weighted by Crippen LogP contribution is 2.50. The minimum atomic E-state index is -3.23. The molecule has 120 heavy (non-hydrogen) atoms. The van der Waals surface area contributed by atoms with Gasteiger partial charge in [-0.25, -0.2) is 0 Å². The summed E-state index contributed by atoms with van der Waals surface area (Å²) in [5.74, 6) is -23.8. The first-order chi connectivity index (χ1) is 75.3. The first kappa shape index (κ1) is 49.5. The van der Waals surface area contributed by atoms with Crippen LogP contribution in [0.2, 0.25) is 0 Å². The van der Waals surface area contributed by atoms with Gasteiger partial charge in [-0.05, 0) is 191 Å². The van der Waals surface area contributed by atoms with Gasteiger partial charge < -0.3 is 79.8 Å². The van der Waals surface area contributed by atoms with E-state index in [2.05, 4.69) is 0 Å². The second-order valence-corrected chi connectivity index (χ2v) is 31.7. The summed E-state index contributed by atoms with van der Waals surface area (Å²) in [6.45, 7) is -10.0. The average molecular weight is 1720 g/mol. The van der Waals surface area contributed by atoms with Gasteiger partial charge in [0.05, 0.1) is 67.7 Å². The van der Waals surface area contributed by atoms with Crippen molar-refractivity contribution in [3.63, 3.8) is 0 Å². The summed E-state index contributed by atoms with van der Waals surface area (Å²) in [4.78, 5) is 56.3. The first-order valence-electron chi connectivity index (χ1n) is 63.6. The highest BCUT2D eigenvalue weighted by Gasteiger charge is 2.47. The molecule has 24 nitrogen and oxygen atoms in total. The number of methoxy groups -OCH3 is 8. The standard InChI is InChI=1S/4C24H38N2O4/c4*1-14(2)9-17-13-26-8-7-16-10-21(28-5)22(29-6)11-18(16)19(26)12-20(17)30-24(27)23(25)15(3)4/h4*10-11,14-15,17,19-20,23H,7-9,12-13,25H2,1-6H3/t4*17?,19?,20?,23-/m0000/s1/i1D3,5D3,7D2,8D2,9D2,14D,20D;1D3,7D2,8D2,9D2,14D,20D;1D3,5D3,7D2,8D2,9D2,14D;1D3,7D2,8D2,9D2,14D/t4*14?,17?,19?,20?,23-. The maximum Gasteiger partial charge on any atom is 0.323 e. The molecule has 0 radical (unpaired) electrons. The van der Waals surface area contributed by atoms with Gasteiger partial charge in [-0.15, -0.1) is 0 Å². The van der Waals surface area contributed by atoms with Crippen molar-refractivity contribution in [2.75, 3.05) is 109 Å². The predicted molar refractivity (Wildman–Crippen MR) is 471 cm³/mol. The second kappa shape index (κ2) is 43.9. The van der Waals surface area contributed by atoms with E-state index in [1.54, 1.807) is 55.4 Å². The molecule has 0 aliphatic carbocycles. The third-order valence-corrected chi connectivity index (χ3v) is 21.7. The van der Waals surface area contributed by atoms with Crippen molar-refractivity contribution in [3.8, 4) is 46.0 Å². The van der Waals surface area contributed by atoms with Gasteiger partial charge in [0.2, 0.25) is 0 Å². The lowest BCUT2D eigenvalue weighted by Gasteiger charge is -2.47. The van der Waals surface area contributed by atoms with E-state index < -0.39 is 319 Å². The summed E-state index contributed by atoms with van der Waals surface area (Å²) < 4.78 is 469. The Morgan fingerprint density at radius 2 is 0.592 bits per heavy atom. The van der Waals surface area contributed by atoms with Crippen molar-refractivity contribution in [2.24, 2.45) is 93.9 Å². The number of aryl methyl sites for hydroxylation is 4. The molecule has 16 unspecified atom stereocenters. The van der Waals surface area contributed by atoms with Crippen molar-refractivity contribution in [3.05, 3.63) is 93.0 Å². The van der Waals surface area contributed by atoms with Crippen LogP contribution < -0.4 is 60.8 Å². The summed E-state index contributed by atoms with van der Waals surface area (Å²) in [7, 11) is 1.99. The number of hydrogen-bond acceptors (Lipinski definition) is 24. The molecular weight excluding hydrogens is 1520 g/mol. The van der Waals surface area contributed by atoms with Crippen LogP contribution in [0.3, 0.4) is 0 Å². The summed E-state index contributed by atoms with van der Waals surface area (Å²) in [5.41, 5.74) is 23.9. The number of fused-ring (bicyclic) bond motifs is 12. The maximum atomic E-state index is 13.1. The third-order valence-electron chi connectivity index (χ3n) is 21.7. The van der Waals surface area contributed by atoms with Crippen molar-refractivity contribution in [2.45, 2.75) is 260 Å². The fraction of sp³-hybridized carbons (Fsp3) is 0.708. The van der Waals surface area contributed by atoms with E-state index in [0.29, 0.717) is 5.56 Å². The van der Waals surface area contributed by atoms with E-state index in [0.717, 1.165) is 59.4 Å². The molecule has 4 fully saturated rings. The monoisotopic (exact) mass is 1720 g/mol. The van der Waals surface area contributed by atoms with E-state index in [1.807, 2.05) is 0 Å². The highest BCUT2D eigenvalue weighted by atomic mass is 16.6. The molecule has 24 heteroatoms. The quantitative estimate of drug-likeness (QED) is 0.0303. The largest absolute Gasteiger partial charge is 0.493 e. The number of nitrogens with zero attached hydrogens (tertiary/aromatic N) is 4. The molecule has 0 amide bonds. The maximum absolute atomic E-state index is 13.1. The Hall–Kier alpha value is -7.16. The number of benzene rings is 4. The number of carbonyl (C=O) groups excluding carboxylic acids is 4. The van der Waals surface area contributed by atoms with E-state index in [-0.39, 0.29) is 104 Å². The molecule has 4 aromatic carbocycles. The Balaban J connectivity index is 0.000000246. The number of rotatable bonds is 28. The van der Waals surface area contributed by atoms with Crippen LogP contribution in [0.4, 0.5) is 0 Å². The van der Waals surface area contributed by atoms with Crippen LogP contribution in [0.1, 0.15) is 296 Å². The third kappa shape index (κ3) is 23.8. The molecule has 12 rings (SSSR count). The summed E-state index contributed by atoms with van der Waals surface area (Å²) >= 11 is 0. The average Bonchev–Trinajstić information content (AvgIpc) is 0.686. The molecule has 0 bridgehead atoms. The van der Waals surface area contributed by atoms with Crippen LogP contribution in [-0.4, -0.2) is 201 Å². The molecule has 8 aliphatic heterocycles. The number of esters is 4. The number of ether oxygens (including phenoxy) is 12. The molecule has 4 aromatic rings. The number of nitrogens with two attached hydrogens (primary N) is 4. The van der Waals surface area contributed by atoms with Crippen LogP contribution in [0.5, 0.6) is 46.0 Å². The zero-order chi connectivity index (χ0) is 130. The van der Waals surface area contributed by atoms with Gasteiger partial charge in [-0.3, -0.25) is 38.8 Å². The van der Waals surface area contributed by atoms with E-state index in [4.69, 9.17) is 143 Å². The van der Waals surface area contributed by atoms with Crippen molar-refractivity contribution >= 4 is 23.9 Å². The number of piperidine rings is 4. The zero-order valence-corrected chi connectivity index (χ0v) is 71.3. The predicted octanol–water partition coefficient (Wildman–Crippen LogP) is 14.3. The Morgan fingerprint density at radius 3 is 0.833 bits per heavy atom. The first-order valence-corrected chi connectivity index (χ1v) is 39.6. The Morgan fingerprint density at radius 1 is 0.367 bits per heavy atom. The lowest BCUT2D eigenvalue weighted by atomic mass is 9.79. The Bertz CT molecular complexity index is 6240. The van der Waals surface area contributed by atoms with E-state index >= 15 is 0 Å². The Labute approximate surface area is 786 Å². The van der Waals surface area contributed by atoms with Gasteiger partial charge in [0.1, 0.15) is 48.5 Å². The van der Waals surface area contributed by atoms with Crippen molar-refractivity contribution < 1.29 is 142 Å². The van der Waals surface area contributed by atoms with Crippen molar-refractivity contribution in [1.29, 1.82) is 0 Å². The smallest absolute Gasteiger partial charge is 0.323 e. The number of carbonyl (C=O) groups is 4. The van der Waals surface area contributed by atoms with Crippen LogP contribution in [-0.2, 0) is 63.6 Å². The molecule has 8 N–H and O–H groups in total. The van der Waals surface area contributed by atoms with Crippen LogP contribution in [0.25, 0.3) is 0 Å². The molecule has 20 atom stereocenters. The van der Waals surface area contributed by atoms with Gasteiger partial charge >= 0.3 is 23.9 Å². The lowest BCUT2D eigenvalue weighted by molar-refractivity contribution is -0.161.